The van der Waals surface area contributed by atoms with Gasteiger partial charge in [-0.25, -0.2) is 0 Å². The normalized spacial score (nSPS) is 17.2. The van der Waals surface area contributed by atoms with Gasteiger partial charge >= 0.3 is 0 Å². The van der Waals surface area contributed by atoms with Gasteiger partial charge in [-0.1, -0.05) is 37.6 Å². The van der Waals surface area contributed by atoms with E-state index < -0.39 is 0 Å². The molecule has 1 aliphatic carbocycles. The molecule has 0 amide bonds. The topological polar surface area (TPSA) is 24.1 Å². The van der Waals surface area contributed by atoms with Crippen LogP contribution in [0.15, 0.2) is 24.3 Å². The Morgan fingerprint density at radius 3 is 2.26 bits per heavy atom. The Bertz CT molecular complexity index is 365. The van der Waals surface area contributed by atoms with Gasteiger partial charge in [0.2, 0.25) is 0 Å². The Kier molecular flexibility index (Phi) is 5.41. The second-order valence-electron chi connectivity index (χ2n) is 5.98. The Labute approximate surface area is 118 Å². The minimum atomic E-state index is 0.542. The first-order chi connectivity index (χ1) is 9.28. The Morgan fingerprint density at radius 2 is 1.74 bits per heavy atom. The molecule has 1 aromatic carbocycles. The van der Waals surface area contributed by atoms with Crippen LogP contribution >= 0.6 is 0 Å². The van der Waals surface area contributed by atoms with Crippen LogP contribution in [0.1, 0.15) is 37.3 Å². The zero-order chi connectivity index (χ0) is 13.6. The van der Waals surface area contributed by atoms with Crippen LogP contribution < -0.4 is 10.6 Å². The molecule has 0 aliphatic heterocycles. The molecule has 0 bridgehead atoms. The van der Waals surface area contributed by atoms with Crippen LogP contribution in [0, 0.1) is 5.41 Å². The molecule has 0 saturated heterocycles. The minimum absolute atomic E-state index is 0.542. The third-order valence-corrected chi connectivity index (χ3v) is 4.49. The van der Waals surface area contributed by atoms with Gasteiger partial charge in [-0.2, -0.15) is 0 Å². The van der Waals surface area contributed by atoms with Crippen LogP contribution in [0.25, 0.3) is 0 Å². The SMILES string of the molecule is CCc1ccc(CCNCC2(CNC)CCC2)cc1. The average Bonchev–Trinajstić information content (AvgIpc) is 2.41. The predicted octanol–water partition coefficient (Wildman–Crippen LogP) is 2.77. The summed E-state index contributed by atoms with van der Waals surface area (Å²) in [6.45, 7) is 5.62. The highest BCUT2D eigenvalue weighted by Gasteiger charge is 2.35. The monoisotopic (exact) mass is 260 g/mol. The first-order valence-corrected chi connectivity index (χ1v) is 7.71. The highest BCUT2D eigenvalue weighted by Crippen LogP contribution is 2.39. The van der Waals surface area contributed by atoms with Crippen LogP contribution in [-0.2, 0) is 12.8 Å². The molecule has 2 rings (SSSR count). The fourth-order valence-corrected chi connectivity index (χ4v) is 3.00. The summed E-state index contributed by atoms with van der Waals surface area (Å²) in [5.41, 5.74) is 3.42. The molecule has 0 unspecified atom stereocenters. The summed E-state index contributed by atoms with van der Waals surface area (Å²) in [5, 5.41) is 6.99. The van der Waals surface area contributed by atoms with Crippen molar-refractivity contribution >= 4 is 0 Å². The zero-order valence-corrected chi connectivity index (χ0v) is 12.5. The van der Waals surface area contributed by atoms with Crippen molar-refractivity contribution in [2.24, 2.45) is 5.41 Å². The molecule has 1 saturated carbocycles. The van der Waals surface area contributed by atoms with E-state index in [0.717, 1.165) is 25.9 Å². The van der Waals surface area contributed by atoms with Gasteiger partial charge in [-0.15, -0.1) is 0 Å². The molecule has 1 fully saturated rings. The van der Waals surface area contributed by atoms with E-state index in [-0.39, 0.29) is 0 Å². The lowest BCUT2D eigenvalue weighted by molar-refractivity contribution is 0.131. The molecule has 2 N–H and O–H groups in total. The molecule has 1 aromatic rings. The van der Waals surface area contributed by atoms with E-state index in [4.69, 9.17) is 0 Å². The van der Waals surface area contributed by atoms with Crippen molar-refractivity contribution in [2.75, 3.05) is 26.7 Å². The van der Waals surface area contributed by atoms with E-state index in [0.29, 0.717) is 5.41 Å². The zero-order valence-electron chi connectivity index (χ0n) is 12.5. The first-order valence-electron chi connectivity index (χ1n) is 7.71. The maximum absolute atomic E-state index is 3.65. The van der Waals surface area contributed by atoms with Crippen LogP contribution in [0.2, 0.25) is 0 Å². The standard InChI is InChI=1S/C17H28N2/c1-3-15-5-7-16(8-6-15)9-12-19-14-17(13-18-2)10-4-11-17/h5-8,18-19H,3-4,9-14H2,1-2H3. The summed E-state index contributed by atoms with van der Waals surface area (Å²) in [7, 11) is 2.06. The van der Waals surface area contributed by atoms with Crippen molar-refractivity contribution < 1.29 is 0 Å². The fourth-order valence-electron chi connectivity index (χ4n) is 3.00. The van der Waals surface area contributed by atoms with Gasteiger partial charge < -0.3 is 10.6 Å². The number of hydrogen-bond acceptors (Lipinski definition) is 2. The maximum atomic E-state index is 3.65. The van der Waals surface area contributed by atoms with Crippen molar-refractivity contribution in [2.45, 2.75) is 39.0 Å². The summed E-state index contributed by atoms with van der Waals surface area (Å²) < 4.78 is 0. The van der Waals surface area contributed by atoms with Crippen molar-refractivity contribution in [3.8, 4) is 0 Å². The lowest BCUT2D eigenvalue weighted by atomic mass is 9.68. The van der Waals surface area contributed by atoms with Gasteiger partial charge in [0.1, 0.15) is 0 Å². The molecule has 0 atom stereocenters. The molecule has 19 heavy (non-hydrogen) atoms. The number of benzene rings is 1. The molecule has 0 heterocycles. The van der Waals surface area contributed by atoms with E-state index in [1.54, 1.807) is 0 Å². The summed E-state index contributed by atoms with van der Waals surface area (Å²) in [6, 6.07) is 9.05. The maximum Gasteiger partial charge on any atom is 0.00201 e. The van der Waals surface area contributed by atoms with Crippen molar-refractivity contribution in [1.29, 1.82) is 0 Å². The highest BCUT2D eigenvalue weighted by molar-refractivity contribution is 5.22. The molecule has 2 heteroatoms. The van der Waals surface area contributed by atoms with E-state index in [1.165, 1.54) is 36.9 Å². The molecule has 1 aliphatic rings. The van der Waals surface area contributed by atoms with Crippen molar-refractivity contribution in [3.63, 3.8) is 0 Å². The Hall–Kier alpha value is -0.860. The average molecular weight is 260 g/mol. The van der Waals surface area contributed by atoms with Gasteiger partial charge in [0, 0.05) is 13.1 Å². The van der Waals surface area contributed by atoms with Crippen LogP contribution in [0.3, 0.4) is 0 Å². The lowest BCUT2D eigenvalue weighted by Crippen LogP contribution is -2.46. The van der Waals surface area contributed by atoms with E-state index >= 15 is 0 Å². The van der Waals surface area contributed by atoms with E-state index in [2.05, 4.69) is 48.9 Å². The molecular weight excluding hydrogens is 232 g/mol. The predicted molar refractivity (Wildman–Crippen MR) is 82.6 cm³/mol. The molecule has 0 radical (unpaired) electrons. The van der Waals surface area contributed by atoms with Gasteiger partial charge in [0.15, 0.2) is 0 Å². The highest BCUT2D eigenvalue weighted by atomic mass is 14.9. The molecular formula is C17H28N2. The van der Waals surface area contributed by atoms with Gasteiger partial charge in [-0.05, 0) is 55.8 Å². The van der Waals surface area contributed by atoms with Crippen LogP contribution in [-0.4, -0.2) is 26.7 Å². The summed E-state index contributed by atoms with van der Waals surface area (Å²) in [6.07, 6.45) is 6.44. The van der Waals surface area contributed by atoms with Gasteiger partial charge in [-0.3, -0.25) is 0 Å². The molecule has 0 spiro atoms. The summed E-state index contributed by atoms with van der Waals surface area (Å²) in [4.78, 5) is 0. The number of rotatable bonds is 8. The fraction of sp³-hybridized carbons (Fsp3) is 0.647. The quantitative estimate of drug-likeness (QED) is 0.702. The van der Waals surface area contributed by atoms with Crippen LogP contribution in [0.4, 0.5) is 0 Å². The van der Waals surface area contributed by atoms with Crippen LogP contribution in [0.5, 0.6) is 0 Å². The van der Waals surface area contributed by atoms with E-state index in [9.17, 15) is 0 Å². The largest absolute Gasteiger partial charge is 0.319 e. The van der Waals surface area contributed by atoms with Gasteiger partial charge in [0.25, 0.3) is 0 Å². The third kappa shape index (κ3) is 4.05. The lowest BCUT2D eigenvalue weighted by Gasteiger charge is -2.42. The number of hydrogen-bond donors (Lipinski definition) is 2. The summed E-state index contributed by atoms with van der Waals surface area (Å²) >= 11 is 0. The smallest absolute Gasteiger partial charge is 0.00201 e. The molecule has 106 valence electrons. The first kappa shape index (κ1) is 14.5. The molecule has 0 aromatic heterocycles. The second-order valence-corrected chi connectivity index (χ2v) is 5.98. The van der Waals surface area contributed by atoms with E-state index in [1.807, 2.05) is 0 Å². The number of nitrogens with one attached hydrogen (secondary N) is 2. The minimum Gasteiger partial charge on any atom is -0.319 e. The molecule has 2 nitrogen and oxygen atoms in total. The van der Waals surface area contributed by atoms with Crippen molar-refractivity contribution in [3.05, 3.63) is 35.4 Å². The van der Waals surface area contributed by atoms with Crippen molar-refractivity contribution in [1.82, 2.24) is 10.6 Å². The second kappa shape index (κ2) is 7.06. The Balaban J connectivity index is 1.68. The van der Waals surface area contributed by atoms with Gasteiger partial charge in [0.05, 0.1) is 0 Å². The third-order valence-electron chi connectivity index (χ3n) is 4.49. The Morgan fingerprint density at radius 1 is 1.05 bits per heavy atom. The summed E-state index contributed by atoms with van der Waals surface area (Å²) in [5.74, 6) is 0. The number of aryl methyl sites for hydroxylation is 1.